The highest BCUT2D eigenvalue weighted by Gasteiger charge is 2.19. The fraction of sp³-hybridized carbons (Fsp3) is 0. The molecule has 5 rings (SSSR count). The number of non-ortho nitro benzene ring substituents is 1. The second kappa shape index (κ2) is 12.9. The zero-order valence-electron chi connectivity index (χ0n) is 21.7. The van der Waals surface area contributed by atoms with Gasteiger partial charge in [-0.05, 0) is 66.7 Å². The summed E-state index contributed by atoms with van der Waals surface area (Å²) in [4.78, 5) is 48.7. The van der Waals surface area contributed by atoms with Crippen molar-refractivity contribution < 1.29 is 24.0 Å². The molecule has 0 unspecified atom stereocenters. The van der Waals surface area contributed by atoms with Gasteiger partial charge < -0.3 is 10.1 Å². The number of ether oxygens (including phenoxy) is 1. The molecule has 43 heavy (non-hydrogen) atoms. The monoisotopic (exact) mass is 676 g/mol. The largest absolute Gasteiger partial charge is 0.422 e. The zero-order chi connectivity index (χ0) is 30.5. The number of halogens is 2. The molecule has 2 amide bonds. The van der Waals surface area contributed by atoms with E-state index >= 15 is 0 Å². The summed E-state index contributed by atoms with van der Waals surface area (Å²) in [7, 11) is 0. The molecule has 0 radical (unpaired) electrons. The van der Waals surface area contributed by atoms with Crippen molar-refractivity contribution in [2.24, 2.45) is 5.10 Å². The predicted molar refractivity (Wildman–Crippen MR) is 168 cm³/mol. The Morgan fingerprint density at radius 1 is 0.930 bits per heavy atom. The molecule has 214 valence electrons. The van der Waals surface area contributed by atoms with Gasteiger partial charge in [0.25, 0.3) is 17.5 Å². The number of nitrogens with zero attached hydrogens (tertiary/aromatic N) is 2. The number of amides is 2. The van der Waals surface area contributed by atoms with Crippen LogP contribution in [0.15, 0.2) is 101 Å². The number of anilines is 1. The van der Waals surface area contributed by atoms with Gasteiger partial charge in [-0.2, -0.15) is 5.10 Å². The molecular weight excluding hydrogens is 660 g/mol. The highest BCUT2D eigenvalue weighted by Crippen LogP contribution is 2.37. The number of fused-ring (bicyclic) bond motifs is 1. The molecule has 1 aromatic heterocycles. The number of hydrazone groups is 1. The summed E-state index contributed by atoms with van der Waals surface area (Å²) in [6.45, 7) is 0. The van der Waals surface area contributed by atoms with Crippen LogP contribution in [0.4, 0.5) is 11.4 Å². The quantitative estimate of drug-likeness (QED) is 0.0575. The molecule has 0 bridgehead atoms. The van der Waals surface area contributed by atoms with E-state index in [2.05, 4.69) is 31.8 Å². The molecule has 0 atom stereocenters. The first-order chi connectivity index (χ1) is 20.7. The fourth-order valence-electron chi connectivity index (χ4n) is 3.86. The summed E-state index contributed by atoms with van der Waals surface area (Å²) >= 11 is 10.7. The summed E-state index contributed by atoms with van der Waals surface area (Å²) in [5.41, 5.74) is 3.86. The molecule has 0 spiro atoms. The van der Waals surface area contributed by atoms with Gasteiger partial charge >= 0.3 is 5.97 Å². The van der Waals surface area contributed by atoms with Crippen LogP contribution in [0.2, 0.25) is 5.02 Å². The minimum atomic E-state index is -0.539. The van der Waals surface area contributed by atoms with Crippen molar-refractivity contribution >= 4 is 84.3 Å². The van der Waals surface area contributed by atoms with Crippen LogP contribution in [0.5, 0.6) is 5.75 Å². The van der Waals surface area contributed by atoms with Crippen LogP contribution < -0.4 is 15.5 Å². The number of esters is 1. The topological polar surface area (TPSA) is 140 Å². The Labute approximate surface area is 261 Å². The molecule has 0 aliphatic rings. The molecule has 13 heteroatoms. The van der Waals surface area contributed by atoms with E-state index in [1.165, 1.54) is 36.5 Å². The third-order valence-electron chi connectivity index (χ3n) is 6.01. The summed E-state index contributed by atoms with van der Waals surface area (Å²) in [6.07, 6.45) is 1.36. The van der Waals surface area contributed by atoms with Crippen molar-refractivity contribution in [2.75, 3.05) is 5.32 Å². The zero-order valence-corrected chi connectivity index (χ0v) is 24.9. The Hall–Kier alpha value is -4.91. The van der Waals surface area contributed by atoms with Crippen LogP contribution in [-0.2, 0) is 0 Å². The standard InChI is InChI=1S/C30H18BrClN4O6S/c31-20-9-5-18(6-10-20)30(39)42-24-4-2-1-3-19(24)16-33-35-28(37)17-7-11-21(12-8-17)34-29(38)27-26(32)23-14-13-22(36(40)41)15-25(23)43-27/h1-16H,(H,34,38)(H,35,37)/b33-16-. The summed E-state index contributed by atoms with van der Waals surface area (Å²) in [5.74, 6) is -1.27. The molecule has 5 aromatic rings. The highest BCUT2D eigenvalue weighted by atomic mass is 79.9. The van der Waals surface area contributed by atoms with Crippen molar-refractivity contribution in [1.82, 2.24) is 5.43 Å². The second-order valence-corrected chi connectivity index (χ2v) is 11.2. The number of benzene rings is 4. The molecule has 0 fully saturated rings. The number of carbonyl (C=O) groups excluding carboxylic acids is 3. The van der Waals surface area contributed by atoms with Gasteiger partial charge in [0.1, 0.15) is 10.6 Å². The third-order valence-corrected chi connectivity index (χ3v) is 8.19. The maximum Gasteiger partial charge on any atom is 0.343 e. The van der Waals surface area contributed by atoms with Crippen LogP contribution in [-0.4, -0.2) is 28.9 Å². The van der Waals surface area contributed by atoms with E-state index < -0.39 is 22.7 Å². The summed E-state index contributed by atoms with van der Waals surface area (Å²) in [5, 5.41) is 18.5. The number of carbonyl (C=O) groups is 3. The van der Waals surface area contributed by atoms with E-state index in [0.29, 0.717) is 26.9 Å². The summed E-state index contributed by atoms with van der Waals surface area (Å²) < 4.78 is 6.85. The average molecular weight is 678 g/mol. The SMILES string of the molecule is O=C(N/N=C\c1ccccc1OC(=O)c1ccc(Br)cc1)c1ccc(NC(=O)c2sc3cc([N+](=O)[O-])ccc3c2Cl)cc1. The van der Waals surface area contributed by atoms with Crippen molar-refractivity contribution in [1.29, 1.82) is 0 Å². The maximum atomic E-state index is 12.9. The lowest BCUT2D eigenvalue weighted by Crippen LogP contribution is -2.18. The van der Waals surface area contributed by atoms with E-state index in [0.717, 1.165) is 15.8 Å². The first kappa shape index (κ1) is 29.6. The fourth-order valence-corrected chi connectivity index (χ4v) is 5.57. The normalized spacial score (nSPS) is 10.9. The van der Waals surface area contributed by atoms with E-state index in [1.807, 2.05) is 0 Å². The Morgan fingerprint density at radius 2 is 1.63 bits per heavy atom. The van der Waals surface area contributed by atoms with Gasteiger partial charge in [-0.1, -0.05) is 39.7 Å². The lowest BCUT2D eigenvalue weighted by atomic mass is 10.2. The maximum absolute atomic E-state index is 12.9. The molecule has 4 aromatic carbocycles. The minimum Gasteiger partial charge on any atom is -0.422 e. The van der Waals surface area contributed by atoms with Crippen LogP contribution in [0.25, 0.3) is 10.1 Å². The minimum absolute atomic E-state index is 0.0973. The molecule has 1 heterocycles. The predicted octanol–water partition coefficient (Wildman–Crippen LogP) is 7.46. The van der Waals surface area contributed by atoms with Crippen molar-refractivity contribution in [3.63, 3.8) is 0 Å². The Bertz CT molecular complexity index is 1910. The first-order valence-electron chi connectivity index (χ1n) is 12.4. The van der Waals surface area contributed by atoms with Gasteiger partial charge in [-0.15, -0.1) is 11.3 Å². The lowest BCUT2D eigenvalue weighted by molar-refractivity contribution is -0.384. The van der Waals surface area contributed by atoms with Crippen molar-refractivity contribution in [3.8, 4) is 5.75 Å². The number of hydrogen-bond acceptors (Lipinski definition) is 8. The average Bonchev–Trinajstić information content (AvgIpc) is 3.34. The molecule has 2 N–H and O–H groups in total. The van der Waals surface area contributed by atoms with Crippen LogP contribution in [0, 0.1) is 10.1 Å². The molecule has 10 nitrogen and oxygen atoms in total. The molecule has 0 saturated heterocycles. The van der Waals surface area contributed by atoms with Crippen LogP contribution in [0.3, 0.4) is 0 Å². The van der Waals surface area contributed by atoms with Gasteiger partial charge in [0.2, 0.25) is 0 Å². The van der Waals surface area contributed by atoms with Gasteiger partial charge in [-0.25, -0.2) is 10.2 Å². The van der Waals surface area contributed by atoms with Gasteiger partial charge in [0.15, 0.2) is 0 Å². The Balaban J connectivity index is 1.20. The van der Waals surface area contributed by atoms with E-state index in [4.69, 9.17) is 16.3 Å². The second-order valence-electron chi connectivity index (χ2n) is 8.85. The van der Waals surface area contributed by atoms with Crippen LogP contribution in [0.1, 0.15) is 36.0 Å². The highest BCUT2D eigenvalue weighted by molar-refractivity contribution is 9.10. The number of nitro benzene ring substituents is 1. The number of para-hydroxylation sites is 1. The third kappa shape index (κ3) is 6.95. The first-order valence-corrected chi connectivity index (χ1v) is 14.4. The van der Waals surface area contributed by atoms with Crippen LogP contribution >= 0.6 is 38.9 Å². The molecule has 0 saturated carbocycles. The number of thiophene rings is 1. The van der Waals surface area contributed by atoms with E-state index in [-0.39, 0.29) is 26.9 Å². The van der Waals surface area contributed by atoms with E-state index in [9.17, 15) is 24.5 Å². The van der Waals surface area contributed by atoms with Crippen molar-refractivity contribution in [3.05, 3.63) is 132 Å². The molecule has 0 aliphatic heterocycles. The Kier molecular flexibility index (Phi) is 8.90. The van der Waals surface area contributed by atoms with Gasteiger partial charge in [0.05, 0.1) is 21.7 Å². The lowest BCUT2D eigenvalue weighted by Gasteiger charge is -2.07. The number of nitro groups is 1. The van der Waals surface area contributed by atoms with Gasteiger partial charge in [0, 0.05) is 43.5 Å². The van der Waals surface area contributed by atoms with Gasteiger partial charge in [-0.3, -0.25) is 19.7 Å². The number of rotatable bonds is 8. The molecular formula is C30H18BrClN4O6S. The van der Waals surface area contributed by atoms with E-state index in [1.54, 1.807) is 60.7 Å². The smallest absolute Gasteiger partial charge is 0.343 e. The van der Waals surface area contributed by atoms with Crippen molar-refractivity contribution in [2.45, 2.75) is 0 Å². The molecule has 0 aliphatic carbocycles. The Morgan fingerprint density at radius 3 is 2.35 bits per heavy atom. The number of nitrogens with one attached hydrogen (secondary N) is 2. The summed E-state index contributed by atoms with van der Waals surface area (Å²) in [6, 6.07) is 23.8. The number of hydrogen-bond donors (Lipinski definition) is 2.